The molecule has 0 radical (unpaired) electrons. The van der Waals surface area contributed by atoms with Crippen LogP contribution in [0.5, 0.6) is 5.75 Å². The van der Waals surface area contributed by atoms with Gasteiger partial charge in [0.25, 0.3) is 5.91 Å². The number of nitrogens with zero attached hydrogens (tertiary/aromatic N) is 2. The van der Waals surface area contributed by atoms with E-state index in [4.69, 9.17) is 10.5 Å². The van der Waals surface area contributed by atoms with E-state index >= 15 is 0 Å². The Balaban J connectivity index is 1.88. The fourth-order valence-corrected chi connectivity index (χ4v) is 2.68. The third kappa shape index (κ3) is 3.40. The van der Waals surface area contributed by atoms with Gasteiger partial charge >= 0.3 is 0 Å². The van der Waals surface area contributed by atoms with Crippen LogP contribution in [-0.4, -0.2) is 31.3 Å². The summed E-state index contributed by atoms with van der Waals surface area (Å²) in [6.45, 7) is 5.04. The fourth-order valence-electron chi connectivity index (χ4n) is 2.68. The molecule has 0 saturated carbocycles. The Morgan fingerprint density at radius 2 is 1.96 bits per heavy atom. The fraction of sp³-hybridized carbons (Fsp3) is 0.263. The summed E-state index contributed by atoms with van der Waals surface area (Å²) in [6, 6.07) is 12.8. The number of hydrogen-bond donors (Lipinski definition) is 1. The topological polar surface area (TPSA) is 67.9 Å². The van der Waals surface area contributed by atoms with Crippen molar-refractivity contribution in [2.45, 2.75) is 20.0 Å². The Morgan fingerprint density at radius 3 is 2.67 bits per heavy atom. The molecule has 0 fully saturated rings. The van der Waals surface area contributed by atoms with Crippen molar-refractivity contribution < 1.29 is 9.53 Å². The first-order valence-electron chi connectivity index (χ1n) is 8.02. The van der Waals surface area contributed by atoms with Crippen LogP contribution in [0.3, 0.4) is 0 Å². The second kappa shape index (κ2) is 6.74. The molecule has 0 unspecified atom stereocenters. The molecule has 1 heterocycles. The van der Waals surface area contributed by atoms with Crippen molar-refractivity contribution in [2.75, 3.05) is 23.7 Å². The van der Waals surface area contributed by atoms with Gasteiger partial charge in [-0.25, -0.2) is 0 Å². The molecule has 0 saturated heterocycles. The summed E-state index contributed by atoms with van der Waals surface area (Å²) in [5, 5.41) is 0. The van der Waals surface area contributed by atoms with Gasteiger partial charge in [0.2, 0.25) is 0 Å². The number of benzene rings is 2. The van der Waals surface area contributed by atoms with Crippen molar-refractivity contribution in [3.63, 3.8) is 0 Å². The van der Waals surface area contributed by atoms with Crippen LogP contribution in [0.4, 0.5) is 11.4 Å². The molecular weight excluding hydrogens is 302 g/mol. The lowest BCUT2D eigenvalue weighted by atomic mass is 10.1. The number of benzodiazepines with no additional fused rings is 1. The van der Waals surface area contributed by atoms with Crippen LogP contribution in [0.25, 0.3) is 0 Å². The SMILES string of the molecule is CC(C)Oc1ccc(C(=O)N2CCN=Cc3cc(N)ccc32)cc1. The summed E-state index contributed by atoms with van der Waals surface area (Å²) in [4.78, 5) is 19.0. The van der Waals surface area contributed by atoms with Gasteiger partial charge in [0, 0.05) is 29.6 Å². The minimum absolute atomic E-state index is 0.0531. The van der Waals surface area contributed by atoms with E-state index in [0.717, 1.165) is 17.0 Å². The van der Waals surface area contributed by atoms with Gasteiger partial charge in [-0.2, -0.15) is 0 Å². The van der Waals surface area contributed by atoms with Crippen molar-refractivity contribution in [3.8, 4) is 5.75 Å². The predicted octanol–water partition coefficient (Wildman–Crippen LogP) is 3.14. The Bertz CT molecular complexity index is 767. The zero-order chi connectivity index (χ0) is 17.1. The Morgan fingerprint density at radius 1 is 1.21 bits per heavy atom. The van der Waals surface area contributed by atoms with Gasteiger partial charge in [0.1, 0.15) is 5.75 Å². The average molecular weight is 323 g/mol. The predicted molar refractivity (Wildman–Crippen MR) is 97.2 cm³/mol. The molecule has 5 nitrogen and oxygen atoms in total. The second-order valence-corrected chi connectivity index (χ2v) is 6.00. The summed E-state index contributed by atoms with van der Waals surface area (Å²) in [6.07, 6.45) is 1.88. The van der Waals surface area contributed by atoms with Crippen LogP contribution in [0, 0.1) is 0 Å². The first-order valence-corrected chi connectivity index (χ1v) is 8.02. The van der Waals surface area contributed by atoms with E-state index < -0.39 is 0 Å². The molecule has 1 aliphatic heterocycles. The van der Waals surface area contributed by atoms with Gasteiger partial charge in [-0.3, -0.25) is 9.79 Å². The molecule has 3 rings (SSSR count). The molecule has 0 aliphatic carbocycles. The van der Waals surface area contributed by atoms with Gasteiger partial charge in [0.05, 0.1) is 18.3 Å². The van der Waals surface area contributed by atoms with E-state index in [1.165, 1.54) is 0 Å². The number of ether oxygens (including phenoxy) is 1. The molecule has 124 valence electrons. The van der Waals surface area contributed by atoms with Crippen LogP contribution in [0.15, 0.2) is 47.5 Å². The number of carbonyl (C=O) groups excluding carboxylic acids is 1. The molecule has 0 aromatic heterocycles. The molecule has 2 aromatic carbocycles. The molecule has 2 N–H and O–H groups in total. The van der Waals surface area contributed by atoms with Crippen molar-refractivity contribution >= 4 is 23.5 Å². The number of fused-ring (bicyclic) bond motifs is 1. The number of rotatable bonds is 3. The lowest BCUT2D eigenvalue weighted by Crippen LogP contribution is -2.33. The lowest BCUT2D eigenvalue weighted by molar-refractivity contribution is 0.0987. The van der Waals surface area contributed by atoms with E-state index in [1.54, 1.807) is 29.3 Å². The van der Waals surface area contributed by atoms with Crippen molar-refractivity contribution in [3.05, 3.63) is 53.6 Å². The lowest BCUT2D eigenvalue weighted by Gasteiger charge is -2.23. The molecule has 5 heteroatoms. The number of aliphatic imine (C=N–C) groups is 1. The highest BCUT2D eigenvalue weighted by molar-refractivity contribution is 6.09. The third-order valence-corrected chi connectivity index (χ3v) is 3.74. The van der Waals surface area contributed by atoms with Crippen LogP contribution in [0.2, 0.25) is 0 Å². The summed E-state index contributed by atoms with van der Waals surface area (Å²) in [5.41, 5.74) is 8.81. The minimum atomic E-state index is -0.0531. The zero-order valence-electron chi connectivity index (χ0n) is 13.9. The molecule has 0 atom stereocenters. The summed E-state index contributed by atoms with van der Waals surface area (Å²) < 4.78 is 5.63. The quantitative estimate of drug-likeness (QED) is 0.882. The van der Waals surface area contributed by atoms with E-state index in [0.29, 0.717) is 24.3 Å². The van der Waals surface area contributed by atoms with Gasteiger partial charge in [-0.05, 0) is 56.3 Å². The van der Waals surface area contributed by atoms with E-state index in [1.807, 2.05) is 38.1 Å². The first kappa shape index (κ1) is 16.1. The highest BCUT2D eigenvalue weighted by atomic mass is 16.5. The standard InChI is InChI=1S/C19H21N3O2/c1-13(2)24-17-6-3-14(4-7-17)19(23)22-10-9-21-12-15-11-16(20)5-8-18(15)22/h3-8,11-13H,9-10,20H2,1-2H3. The van der Waals surface area contributed by atoms with Gasteiger partial charge in [-0.15, -0.1) is 0 Å². The van der Waals surface area contributed by atoms with E-state index in [-0.39, 0.29) is 12.0 Å². The van der Waals surface area contributed by atoms with Crippen LogP contribution in [0.1, 0.15) is 29.8 Å². The van der Waals surface area contributed by atoms with Gasteiger partial charge in [0.15, 0.2) is 0 Å². The number of hydrogen-bond acceptors (Lipinski definition) is 4. The molecule has 1 amide bonds. The highest BCUT2D eigenvalue weighted by Crippen LogP contribution is 2.25. The monoisotopic (exact) mass is 323 g/mol. The molecule has 24 heavy (non-hydrogen) atoms. The van der Waals surface area contributed by atoms with Crippen LogP contribution >= 0.6 is 0 Å². The number of carbonyl (C=O) groups is 1. The Labute approximate surface area is 141 Å². The maximum absolute atomic E-state index is 12.9. The van der Waals surface area contributed by atoms with E-state index in [9.17, 15) is 4.79 Å². The van der Waals surface area contributed by atoms with E-state index in [2.05, 4.69) is 4.99 Å². The minimum Gasteiger partial charge on any atom is -0.491 e. The zero-order valence-corrected chi connectivity index (χ0v) is 13.9. The number of nitrogen functional groups attached to an aromatic ring is 1. The smallest absolute Gasteiger partial charge is 0.258 e. The largest absolute Gasteiger partial charge is 0.491 e. The number of nitrogens with two attached hydrogens (primary N) is 1. The third-order valence-electron chi connectivity index (χ3n) is 3.74. The molecule has 2 aromatic rings. The molecule has 0 bridgehead atoms. The van der Waals surface area contributed by atoms with Crippen LogP contribution in [-0.2, 0) is 0 Å². The highest BCUT2D eigenvalue weighted by Gasteiger charge is 2.21. The Hall–Kier alpha value is -2.82. The maximum atomic E-state index is 12.9. The normalized spacial score (nSPS) is 13.5. The number of anilines is 2. The maximum Gasteiger partial charge on any atom is 0.258 e. The second-order valence-electron chi connectivity index (χ2n) is 6.00. The first-order chi connectivity index (χ1) is 11.5. The van der Waals surface area contributed by atoms with Crippen molar-refractivity contribution in [1.29, 1.82) is 0 Å². The average Bonchev–Trinajstić information content (AvgIpc) is 2.76. The van der Waals surface area contributed by atoms with Crippen molar-refractivity contribution in [1.82, 2.24) is 0 Å². The summed E-state index contributed by atoms with van der Waals surface area (Å²) >= 11 is 0. The number of amides is 1. The summed E-state index contributed by atoms with van der Waals surface area (Å²) in [7, 11) is 0. The molecular formula is C19H21N3O2. The molecule has 1 aliphatic rings. The van der Waals surface area contributed by atoms with Crippen molar-refractivity contribution in [2.24, 2.45) is 4.99 Å². The van der Waals surface area contributed by atoms with Gasteiger partial charge < -0.3 is 15.4 Å². The van der Waals surface area contributed by atoms with Crippen LogP contribution < -0.4 is 15.4 Å². The summed E-state index contributed by atoms with van der Waals surface area (Å²) in [5.74, 6) is 0.705. The Kier molecular flexibility index (Phi) is 4.51. The van der Waals surface area contributed by atoms with Gasteiger partial charge in [-0.1, -0.05) is 0 Å². The molecule has 0 spiro atoms.